The summed E-state index contributed by atoms with van der Waals surface area (Å²) >= 11 is 5.21. The van der Waals surface area contributed by atoms with Crippen LogP contribution in [-0.2, 0) is 0 Å². The largest absolute Gasteiger partial charge is 0.389 e. The van der Waals surface area contributed by atoms with Gasteiger partial charge in [0.25, 0.3) is 0 Å². The van der Waals surface area contributed by atoms with Gasteiger partial charge in [0.1, 0.15) is 10.8 Å². The SMILES string of the molecule is NC(=S)c1cc(N2CCCCCC2)nc2ccccc12. The van der Waals surface area contributed by atoms with Crippen molar-refractivity contribution in [2.24, 2.45) is 5.73 Å². The molecule has 20 heavy (non-hydrogen) atoms. The molecule has 1 aliphatic rings. The van der Waals surface area contributed by atoms with Crippen LogP contribution < -0.4 is 10.6 Å². The summed E-state index contributed by atoms with van der Waals surface area (Å²) in [6.45, 7) is 2.14. The molecule has 3 rings (SSSR count). The van der Waals surface area contributed by atoms with E-state index < -0.39 is 0 Å². The summed E-state index contributed by atoms with van der Waals surface area (Å²) in [4.78, 5) is 7.60. The van der Waals surface area contributed by atoms with Gasteiger partial charge in [-0.05, 0) is 25.0 Å². The first-order valence-electron chi connectivity index (χ1n) is 7.20. The van der Waals surface area contributed by atoms with Crippen LogP contribution in [0.4, 0.5) is 5.82 Å². The van der Waals surface area contributed by atoms with E-state index in [-0.39, 0.29) is 0 Å². The lowest BCUT2D eigenvalue weighted by atomic mass is 10.1. The molecular formula is C16H19N3S. The fourth-order valence-corrected chi connectivity index (χ4v) is 3.00. The molecule has 0 aliphatic carbocycles. The van der Waals surface area contributed by atoms with Crippen LogP contribution in [0.25, 0.3) is 10.9 Å². The maximum absolute atomic E-state index is 5.89. The number of para-hydroxylation sites is 1. The molecule has 1 aliphatic heterocycles. The van der Waals surface area contributed by atoms with Gasteiger partial charge in [-0.3, -0.25) is 0 Å². The third kappa shape index (κ3) is 2.61. The fraction of sp³-hybridized carbons (Fsp3) is 0.375. The minimum atomic E-state index is 0.444. The molecule has 4 heteroatoms. The van der Waals surface area contributed by atoms with E-state index in [1.807, 2.05) is 24.3 Å². The van der Waals surface area contributed by atoms with Gasteiger partial charge >= 0.3 is 0 Å². The number of benzene rings is 1. The van der Waals surface area contributed by atoms with Crippen molar-refractivity contribution in [3.05, 3.63) is 35.9 Å². The van der Waals surface area contributed by atoms with Crippen LogP contribution >= 0.6 is 12.2 Å². The number of aromatic nitrogens is 1. The van der Waals surface area contributed by atoms with E-state index in [0.29, 0.717) is 4.99 Å². The number of rotatable bonds is 2. The molecular weight excluding hydrogens is 266 g/mol. The van der Waals surface area contributed by atoms with E-state index >= 15 is 0 Å². The van der Waals surface area contributed by atoms with Gasteiger partial charge in [-0.25, -0.2) is 4.98 Å². The van der Waals surface area contributed by atoms with Crippen molar-refractivity contribution < 1.29 is 0 Å². The third-order valence-corrected chi connectivity index (χ3v) is 4.12. The number of pyridine rings is 1. The molecule has 1 aromatic carbocycles. The quantitative estimate of drug-likeness (QED) is 0.860. The van der Waals surface area contributed by atoms with Crippen LogP contribution in [-0.4, -0.2) is 23.1 Å². The Labute approximate surface area is 124 Å². The van der Waals surface area contributed by atoms with Gasteiger partial charge in [-0.15, -0.1) is 0 Å². The van der Waals surface area contributed by atoms with E-state index in [1.165, 1.54) is 25.7 Å². The molecule has 0 amide bonds. The molecule has 104 valence electrons. The summed E-state index contributed by atoms with van der Waals surface area (Å²) in [6.07, 6.45) is 5.09. The highest BCUT2D eigenvalue weighted by Gasteiger charge is 2.14. The first-order valence-corrected chi connectivity index (χ1v) is 7.61. The highest BCUT2D eigenvalue weighted by Crippen LogP contribution is 2.24. The Hall–Kier alpha value is -1.68. The summed E-state index contributed by atoms with van der Waals surface area (Å²) in [6, 6.07) is 10.1. The molecule has 2 heterocycles. The van der Waals surface area contributed by atoms with E-state index in [9.17, 15) is 0 Å². The minimum Gasteiger partial charge on any atom is -0.389 e. The summed E-state index contributed by atoms with van der Waals surface area (Å²) in [5.74, 6) is 1.01. The topological polar surface area (TPSA) is 42.1 Å². The zero-order valence-corrected chi connectivity index (χ0v) is 12.3. The van der Waals surface area contributed by atoms with Crippen molar-refractivity contribution >= 4 is 33.9 Å². The second-order valence-corrected chi connectivity index (χ2v) is 5.75. The lowest BCUT2D eigenvalue weighted by Gasteiger charge is -2.22. The lowest BCUT2D eigenvalue weighted by molar-refractivity contribution is 0.726. The van der Waals surface area contributed by atoms with Gasteiger partial charge in [0.2, 0.25) is 0 Å². The third-order valence-electron chi connectivity index (χ3n) is 3.90. The average molecular weight is 285 g/mol. The standard InChI is InChI=1S/C16H19N3S/c17-16(20)13-11-15(19-9-5-1-2-6-10-19)18-14-8-4-3-7-12(13)14/h3-4,7-8,11H,1-2,5-6,9-10H2,(H2,17,20). The summed E-state index contributed by atoms with van der Waals surface area (Å²) in [5.41, 5.74) is 7.80. The Morgan fingerprint density at radius 1 is 1.10 bits per heavy atom. The van der Waals surface area contributed by atoms with Crippen LogP contribution in [0.3, 0.4) is 0 Å². The van der Waals surface area contributed by atoms with Crippen molar-refractivity contribution in [2.45, 2.75) is 25.7 Å². The molecule has 0 unspecified atom stereocenters. The maximum Gasteiger partial charge on any atom is 0.129 e. The Morgan fingerprint density at radius 3 is 2.50 bits per heavy atom. The van der Waals surface area contributed by atoms with E-state index in [4.69, 9.17) is 22.9 Å². The van der Waals surface area contributed by atoms with Crippen LogP contribution in [0, 0.1) is 0 Å². The molecule has 2 N–H and O–H groups in total. The zero-order valence-electron chi connectivity index (χ0n) is 11.5. The molecule has 3 nitrogen and oxygen atoms in total. The van der Waals surface area contributed by atoms with Crippen LogP contribution in [0.15, 0.2) is 30.3 Å². The zero-order chi connectivity index (χ0) is 13.9. The molecule has 0 radical (unpaired) electrons. The second-order valence-electron chi connectivity index (χ2n) is 5.31. The normalized spacial score (nSPS) is 16.1. The first kappa shape index (κ1) is 13.3. The number of anilines is 1. The monoisotopic (exact) mass is 285 g/mol. The predicted molar refractivity (Wildman–Crippen MR) is 88.3 cm³/mol. The summed E-state index contributed by atoms with van der Waals surface area (Å²) < 4.78 is 0. The minimum absolute atomic E-state index is 0.444. The van der Waals surface area contributed by atoms with E-state index in [0.717, 1.165) is 35.4 Å². The molecule has 1 fully saturated rings. The van der Waals surface area contributed by atoms with Gasteiger partial charge in [-0.1, -0.05) is 43.3 Å². The van der Waals surface area contributed by atoms with Crippen molar-refractivity contribution in [3.63, 3.8) is 0 Å². The van der Waals surface area contributed by atoms with Gasteiger partial charge in [-0.2, -0.15) is 0 Å². The first-order chi connectivity index (χ1) is 9.75. The number of nitrogens with two attached hydrogens (primary N) is 1. The smallest absolute Gasteiger partial charge is 0.129 e. The van der Waals surface area contributed by atoms with Crippen molar-refractivity contribution in [3.8, 4) is 0 Å². The molecule has 0 spiro atoms. The Balaban J connectivity index is 2.09. The number of nitrogens with zero attached hydrogens (tertiary/aromatic N) is 2. The van der Waals surface area contributed by atoms with Crippen molar-refractivity contribution in [1.29, 1.82) is 0 Å². The fourth-order valence-electron chi connectivity index (χ4n) is 2.83. The average Bonchev–Trinajstić information content (AvgIpc) is 2.75. The lowest BCUT2D eigenvalue weighted by Crippen LogP contribution is -2.25. The Kier molecular flexibility index (Phi) is 3.83. The maximum atomic E-state index is 5.89. The van der Waals surface area contributed by atoms with E-state index in [2.05, 4.69) is 11.0 Å². The van der Waals surface area contributed by atoms with Gasteiger partial charge < -0.3 is 10.6 Å². The molecule has 0 atom stereocenters. The number of fused-ring (bicyclic) bond motifs is 1. The number of hydrogen-bond donors (Lipinski definition) is 1. The summed E-state index contributed by atoms with van der Waals surface area (Å²) in [5, 5.41) is 1.04. The summed E-state index contributed by atoms with van der Waals surface area (Å²) in [7, 11) is 0. The highest BCUT2D eigenvalue weighted by molar-refractivity contribution is 7.80. The molecule has 1 saturated heterocycles. The molecule has 1 aromatic heterocycles. The van der Waals surface area contributed by atoms with Crippen LogP contribution in [0.1, 0.15) is 31.2 Å². The molecule has 2 aromatic rings. The highest BCUT2D eigenvalue weighted by atomic mass is 32.1. The number of hydrogen-bond acceptors (Lipinski definition) is 3. The van der Waals surface area contributed by atoms with Crippen molar-refractivity contribution in [1.82, 2.24) is 4.98 Å². The van der Waals surface area contributed by atoms with Crippen LogP contribution in [0.5, 0.6) is 0 Å². The van der Waals surface area contributed by atoms with E-state index in [1.54, 1.807) is 0 Å². The Morgan fingerprint density at radius 2 is 1.80 bits per heavy atom. The van der Waals surface area contributed by atoms with Gasteiger partial charge in [0.15, 0.2) is 0 Å². The predicted octanol–water partition coefficient (Wildman–Crippen LogP) is 3.25. The molecule has 0 saturated carbocycles. The van der Waals surface area contributed by atoms with Gasteiger partial charge in [0, 0.05) is 24.0 Å². The van der Waals surface area contributed by atoms with Gasteiger partial charge in [0.05, 0.1) is 5.52 Å². The molecule has 0 bridgehead atoms. The van der Waals surface area contributed by atoms with Crippen LogP contribution in [0.2, 0.25) is 0 Å². The second kappa shape index (κ2) is 5.75. The Bertz CT molecular complexity index is 631. The van der Waals surface area contributed by atoms with Crippen molar-refractivity contribution in [2.75, 3.05) is 18.0 Å². The number of thiocarbonyl (C=S) groups is 1.